The van der Waals surface area contributed by atoms with Crippen molar-refractivity contribution in [3.8, 4) is 16.9 Å². The minimum Gasteiger partial charge on any atom is -0.492 e. The van der Waals surface area contributed by atoms with Crippen LogP contribution in [-0.4, -0.2) is 25.5 Å². The molecule has 0 aromatic heterocycles. The second-order valence-corrected chi connectivity index (χ2v) is 7.15. The molecule has 0 saturated heterocycles. The van der Waals surface area contributed by atoms with Gasteiger partial charge in [0.15, 0.2) is 0 Å². The number of hydrogen-bond donors (Lipinski definition) is 1. The fourth-order valence-corrected chi connectivity index (χ4v) is 3.58. The lowest BCUT2D eigenvalue weighted by molar-refractivity contribution is 0.310. The van der Waals surface area contributed by atoms with E-state index in [0.717, 1.165) is 59.2 Å². The lowest BCUT2D eigenvalue weighted by atomic mass is 9.93. The zero-order valence-corrected chi connectivity index (χ0v) is 16.2. The van der Waals surface area contributed by atoms with Crippen LogP contribution in [0.4, 0.5) is 0 Å². The Balaban J connectivity index is 1.98. The number of rotatable bonds is 6. The first kappa shape index (κ1) is 17.9. The van der Waals surface area contributed by atoms with E-state index in [9.17, 15) is 0 Å². The maximum absolute atomic E-state index is 6.36. The van der Waals surface area contributed by atoms with E-state index >= 15 is 0 Å². The van der Waals surface area contributed by atoms with Gasteiger partial charge in [-0.2, -0.15) is 0 Å². The summed E-state index contributed by atoms with van der Waals surface area (Å²) in [5, 5.41) is 6.49. The highest BCUT2D eigenvalue weighted by atomic mass is 35.5. The van der Waals surface area contributed by atoms with E-state index in [1.807, 2.05) is 12.1 Å². The number of benzene rings is 3. The van der Waals surface area contributed by atoms with Gasteiger partial charge in [-0.05, 0) is 41.0 Å². The molecule has 27 heavy (non-hydrogen) atoms. The Kier molecular flexibility index (Phi) is 5.30. The highest BCUT2D eigenvalue weighted by Crippen LogP contribution is 2.41. The number of hydrogen-bond acceptors (Lipinski definition) is 3. The molecule has 0 aliphatic carbocycles. The van der Waals surface area contributed by atoms with Crippen molar-refractivity contribution in [1.82, 2.24) is 5.32 Å². The lowest BCUT2D eigenvalue weighted by Gasteiger charge is -2.19. The van der Waals surface area contributed by atoms with E-state index < -0.39 is 0 Å². The Labute approximate surface area is 165 Å². The van der Waals surface area contributed by atoms with Crippen LogP contribution in [0.15, 0.2) is 59.6 Å². The summed E-state index contributed by atoms with van der Waals surface area (Å²) in [6.45, 7) is 4.53. The number of amidine groups is 1. The van der Waals surface area contributed by atoms with Crippen molar-refractivity contribution in [2.24, 2.45) is 4.99 Å². The predicted octanol–water partition coefficient (Wildman–Crippen LogP) is 5.69. The number of ether oxygens (including phenoxy) is 1. The fraction of sp³-hybridized carbons (Fsp3) is 0.261. The van der Waals surface area contributed by atoms with Gasteiger partial charge in [0.25, 0.3) is 0 Å². The Morgan fingerprint density at radius 1 is 1.11 bits per heavy atom. The summed E-state index contributed by atoms with van der Waals surface area (Å²) in [5.41, 5.74) is 3.24. The Morgan fingerprint density at radius 2 is 1.93 bits per heavy atom. The topological polar surface area (TPSA) is 33.6 Å². The molecule has 1 aliphatic heterocycles. The SMILES string of the molecule is CCCCOc1c(C2=NCCN2)cc2ccccc2c1-c1ccc(Cl)cc1. The average molecular weight is 379 g/mol. The molecule has 0 spiro atoms. The minimum absolute atomic E-state index is 0.690. The van der Waals surface area contributed by atoms with Crippen molar-refractivity contribution in [2.75, 3.05) is 19.7 Å². The van der Waals surface area contributed by atoms with E-state index in [1.165, 1.54) is 10.8 Å². The zero-order chi connectivity index (χ0) is 18.6. The summed E-state index contributed by atoms with van der Waals surface area (Å²) in [6.07, 6.45) is 2.12. The van der Waals surface area contributed by atoms with E-state index in [-0.39, 0.29) is 0 Å². The van der Waals surface area contributed by atoms with Gasteiger partial charge in [0.05, 0.1) is 18.7 Å². The van der Waals surface area contributed by atoms with Crippen LogP contribution in [-0.2, 0) is 0 Å². The third kappa shape index (κ3) is 3.65. The van der Waals surface area contributed by atoms with Gasteiger partial charge in [-0.1, -0.05) is 61.3 Å². The molecular formula is C23H23ClN2O. The first-order valence-corrected chi connectivity index (χ1v) is 9.89. The van der Waals surface area contributed by atoms with Crippen molar-refractivity contribution < 1.29 is 4.74 Å². The van der Waals surface area contributed by atoms with Gasteiger partial charge in [-0.25, -0.2) is 0 Å². The van der Waals surface area contributed by atoms with E-state index in [0.29, 0.717) is 6.61 Å². The zero-order valence-electron chi connectivity index (χ0n) is 15.5. The summed E-state index contributed by atoms with van der Waals surface area (Å²) in [7, 11) is 0. The minimum atomic E-state index is 0.690. The maximum Gasteiger partial charge on any atom is 0.138 e. The lowest BCUT2D eigenvalue weighted by Crippen LogP contribution is -2.21. The summed E-state index contributed by atoms with van der Waals surface area (Å²) in [5.74, 6) is 1.82. The largest absolute Gasteiger partial charge is 0.492 e. The maximum atomic E-state index is 6.36. The summed E-state index contributed by atoms with van der Waals surface area (Å²) in [4.78, 5) is 4.65. The van der Waals surface area contributed by atoms with E-state index in [2.05, 4.69) is 59.7 Å². The van der Waals surface area contributed by atoms with Crippen LogP contribution in [0, 0.1) is 0 Å². The quantitative estimate of drug-likeness (QED) is 0.559. The summed E-state index contributed by atoms with van der Waals surface area (Å²) in [6, 6.07) is 18.6. The van der Waals surface area contributed by atoms with Gasteiger partial charge >= 0.3 is 0 Å². The molecule has 3 aromatic carbocycles. The molecule has 4 rings (SSSR count). The number of unbranched alkanes of at least 4 members (excludes halogenated alkanes) is 1. The molecule has 0 fully saturated rings. The second-order valence-electron chi connectivity index (χ2n) is 6.72. The molecule has 0 radical (unpaired) electrons. The highest BCUT2D eigenvalue weighted by Gasteiger charge is 2.21. The molecule has 138 valence electrons. The molecule has 0 saturated carbocycles. The first-order chi connectivity index (χ1) is 13.3. The van der Waals surface area contributed by atoms with Crippen molar-refractivity contribution in [3.05, 3.63) is 65.2 Å². The molecule has 1 heterocycles. The Hall–Kier alpha value is -2.52. The summed E-state index contributed by atoms with van der Waals surface area (Å²) < 4.78 is 6.36. The molecule has 3 aromatic rings. The number of nitrogens with zero attached hydrogens (tertiary/aromatic N) is 1. The fourth-order valence-electron chi connectivity index (χ4n) is 3.45. The number of nitrogens with one attached hydrogen (secondary N) is 1. The highest BCUT2D eigenvalue weighted by molar-refractivity contribution is 6.30. The second kappa shape index (κ2) is 8.01. The van der Waals surface area contributed by atoms with Gasteiger partial charge < -0.3 is 10.1 Å². The number of fused-ring (bicyclic) bond motifs is 1. The molecule has 1 aliphatic rings. The predicted molar refractivity (Wildman–Crippen MR) is 114 cm³/mol. The summed E-state index contributed by atoms with van der Waals surface area (Å²) >= 11 is 6.13. The first-order valence-electron chi connectivity index (χ1n) is 9.51. The monoisotopic (exact) mass is 378 g/mol. The van der Waals surface area contributed by atoms with Gasteiger partial charge in [0.2, 0.25) is 0 Å². The molecule has 1 N–H and O–H groups in total. The Morgan fingerprint density at radius 3 is 2.67 bits per heavy atom. The number of halogens is 1. The van der Waals surface area contributed by atoms with Crippen LogP contribution in [0.2, 0.25) is 5.02 Å². The van der Waals surface area contributed by atoms with Gasteiger partial charge in [-0.15, -0.1) is 0 Å². The molecule has 4 heteroatoms. The third-order valence-electron chi connectivity index (χ3n) is 4.81. The van der Waals surface area contributed by atoms with Gasteiger partial charge in [0, 0.05) is 17.1 Å². The van der Waals surface area contributed by atoms with Crippen molar-refractivity contribution >= 4 is 28.2 Å². The van der Waals surface area contributed by atoms with Gasteiger partial charge in [-0.3, -0.25) is 4.99 Å². The molecule has 0 amide bonds. The molecule has 0 bridgehead atoms. The van der Waals surface area contributed by atoms with Crippen LogP contribution < -0.4 is 10.1 Å². The van der Waals surface area contributed by atoms with Crippen molar-refractivity contribution in [3.63, 3.8) is 0 Å². The molecule has 0 atom stereocenters. The van der Waals surface area contributed by atoms with Crippen molar-refractivity contribution in [2.45, 2.75) is 19.8 Å². The smallest absolute Gasteiger partial charge is 0.138 e. The molecule has 0 unspecified atom stereocenters. The number of aliphatic imine (C=N–C) groups is 1. The van der Waals surface area contributed by atoms with Crippen LogP contribution in [0.3, 0.4) is 0 Å². The van der Waals surface area contributed by atoms with Crippen LogP contribution in [0.25, 0.3) is 21.9 Å². The third-order valence-corrected chi connectivity index (χ3v) is 5.06. The van der Waals surface area contributed by atoms with E-state index in [1.54, 1.807) is 0 Å². The molecule has 3 nitrogen and oxygen atoms in total. The molecular weight excluding hydrogens is 356 g/mol. The van der Waals surface area contributed by atoms with Crippen molar-refractivity contribution in [1.29, 1.82) is 0 Å². The standard InChI is InChI=1S/C23H23ClN2O/c1-2-3-14-27-22-20(23-25-12-13-26-23)15-17-6-4-5-7-19(17)21(22)16-8-10-18(24)11-9-16/h4-11,15H,2-3,12-14H2,1H3,(H,25,26). The Bertz CT molecular complexity index is 980. The van der Waals surface area contributed by atoms with Gasteiger partial charge in [0.1, 0.15) is 11.6 Å². The van der Waals surface area contributed by atoms with Crippen LogP contribution >= 0.6 is 11.6 Å². The van der Waals surface area contributed by atoms with Crippen LogP contribution in [0.5, 0.6) is 5.75 Å². The van der Waals surface area contributed by atoms with E-state index in [4.69, 9.17) is 16.3 Å². The normalized spacial score (nSPS) is 13.5. The van der Waals surface area contributed by atoms with Crippen LogP contribution in [0.1, 0.15) is 25.3 Å². The average Bonchev–Trinajstić information content (AvgIpc) is 3.23.